The van der Waals surface area contributed by atoms with Crippen LogP contribution in [-0.2, 0) is 15.0 Å². The van der Waals surface area contributed by atoms with Crippen LogP contribution < -0.4 is 4.18 Å². The van der Waals surface area contributed by atoms with E-state index in [1.54, 1.807) is 12.3 Å². The maximum atomic E-state index is 11.9. The molecular formula is C9H11BrN2O4S. The first kappa shape index (κ1) is 12.7. The van der Waals surface area contributed by atoms with E-state index in [1.165, 1.54) is 10.5 Å². The molecule has 0 saturated carbocycles. The summed E-state index contributed by atoms with van der Waals surface area (Å²) in [6.07, 6.45) is 2.90. The predicted octanol–water partition coefficient (Wildman–Crippen LogP) is 0.800. The normalized spacial score (nSPS) is 17.9. The van der Waals surface area contributed by atoms with Crippen LogP contribution in [0.3, 0.4) is 0 Å². The van der Waals surface area contributed by atoms with Gasteiger partial charge in [-0.05, 0) is 22.0 Å². The Bertz CT molecular complexity index is 488. The minimum absolute atomic E-state index is 0.186. The Morgan fingerprint density at radius 1 is 1.35 bits per heavy atom. The first-order valence-electron chi connectivity index (χ1n) is 4.96. The van der Waals surface area contributed by atoms with Gasteiger partial charge in [0.25, 0.3) is 0 Å². The summed E-state index contributed by atoms with van der Waals surface area (Å²) in [5.41, 5.74) is 0. The van der Waals surface area contributed by atoms with Crippen molar-refractivity contribution >= 4 is 26.2 Å². The molecular weight excluding hydrogens is 312 g/mol. The number of aromatic nitrogens is 1. The zero-order valence-electron chi connectivity index (χ0n) is 8.87. The molecule has 17 heavy (non-hydrogen) atoms. The maximum absolute atomic E-state index is 11.9. The molecule has 0 spiro atoms. The molecule has 0 amide bonds. The monoisotopic (exact) mass is 322 g/mol. The Morgan fingerprint density at radius 3 is 2.71 bits per heavy atom. The summed E-state index contributed by atoms with van der Waals surface area (Å²) in [7, 11) is -3.76. The first-order valence-corrected chi connectivity index (χ1v) is 7.11. The SMILES string of the molecule is O=S(=O)(Oc1cncc(Br)c1)N1CCOCC1. The number of nitrogens with zero attached hydrogens (tertiary/aromatic N) is 2. The molecule has 1 aromatic rings. The minimum atomic E-state index is -3.76. The Morgan fingerprint density at radius 2 is 2.06 bits per heavy atom. The molecule has 1 saturated heterocycles. The van der Waals surface area contributed by atoms with Gasteiger partial charge < -0.3 is 8.92 Å². The summed E-state index contributed by atoms with van der Waals surface area (Å²) in [5, 5.41) is 0. The van der Waals surface area contributed by atoms with Crippen molar-refractivity contribution in [2.24, 2.45) is 0 Å². The second-order valence-electron chi connectivity index (χ2n) is 3.39. The molecule has 0 radical (unpaired) electrons. The van der Waals surface area contributed by atoms with Gasteiger partial charge in [0, 0.05) is 23.8 Å². The molecule has 0 aliphatic carbocycles. The summed E-state index contributed by atoms with van der Waals surface area (Å²) in [6, 6.07) is 1.55. The summed E-state index contributed by atoms with van der Waals surface area (Å²) < 4.78 is 35.7. The quantitative estimate of drug-likeness (QED) is 0.823. The van der Waals surface area contributed by atoms with E-state index in [0.29, 0.717) is 30.8 Å². The molecule has 1 aliphatic rings. The van der Waals surface area contributed by atoms with Crippen molar-refractivity contribution in [3.8, 4) is 5.75 Å². The number of rotatable bonds is 3. The lowest BCUT2D eigenvalue weighted by Gasteiger charge is -2.25. The number of pyridine rings is 1. The van der Waals surface area contributed by atoms with Crippen molar-refractivity contribution in [3.05, 3.63) is 22.9 Å². The molecule has 0 atom stereocenters. The van der Waals surface area contributed by atoms with Crippen molar-refractivity contribution in [2.45, 2.75) is 0 Å². The predicted molar refractivity (Wildman–Crippen MR) is 63.9 cm³/mol. The van der Waals surface area contributed by atoms with E-state index in [0.717, 1.165) is 0 Å². The number of hydrogen-bond acceptors (Lipinski definition) is 5. The van der Waals surface area contributed by atoms with Gasteiger partial charge in [-0.2, -0.15) is 12.7 Å². The topological polar surface area (TPSA) is 68.7 Å². The highest BCUT2D eigenvalue weighted by molar-refractivity contribution is 9.10. The molecule has 0 bridgehead atoms. The van der Waals surface area contributed by atoms with Crippen LogP contribution in [0.5, 0.6) is 5.75 Å². The van der Waals surface area contributed by atoms with Crippen LogP contribution in [-0.4, -0.2) is 44.0 Å². The van der Waals surface area contributed by atoms with Crippen molar-refractivity contribution < 1.29 is 17.3 Å². The molecule has 0 aromatic carbocycles. The Kier molecular flexibility index (Phi) is 3.97. The molecule has 8 heteroatoms. The Hall–Kier alpha value is -0.700. The van der Waals surface area contributed by atoms with E-state index in [9.17, 15) is 8.42 Å². The smallest absolute Gasteiger partial charge is 0.379 e. The number of morpholine rings is 1. The van der Waals surface area contributed by atoms with Crippen molar-refractivity contribution in [1.29, 1.82) is 0 Å². The van der Waals surface area contributed by atoms with E-state index in [1.807, 2.05) is 0 Å². The van der Waals surface area contributed by atoms with Gasteiger partial charge in [0.2, 0.25) is 0 Å². The van der Waals surface area contributed by atoms with Gasteiger partial charge in [-0.3, -0.25) is 4.98 Å². The molecule has 1 aromatic heterocycles. The van der Waals surface area contributed by atoms with Gasteiger partial charge in [0.05, 0.1) is 19.4 Å². The highest BCUT2D eigenvalue weighted by atomic mass is 79.9. The first-order chi connectivity index (χ1) is 8.08. The van der Waals surface area contributed by atoms with Gasteiger partial charge in [0.1, 0.15) is 0 Å². The van der Waals surface area contributed by atoms with Crippen LogP contribution in [0.25, 0.3) is 0 Å². The average Bonchev–Trinajstić information content (AvgIpc) is 2.29. The molecule has 1 aliphatic heterocycles. The molecule has 2 rings (SSSR count). The van der Waals surface area contributed by atoms with Crippen LogP contribution in [0, 0.1) is 0 Å². The Labute approximate surface area is 108 Å². The van der Waals surface area contributed by atoms with E-state index < -0.39 is 10.3 Å². The summed E-state index contributed by atoms with van der Waals surface area (Å²) in [6.45, 7) is 1.40. The number of halogens is 1. The van der Waals surface area contributed by atoms with Gasteiger partial charge in [-0.15, -0.1) is 0 Å². The fourth-order valence-corrected chi connectivity index (χ4v) is 2.76. The molecule has 6 nitrogen and oxygen atoms in total. The van der Waals surface area contributed by atoms with Crippen LogP contribution in [0.4, 0.5) is 0 Å². The molecule has 2 heterocycles. The fraction of sp³-hybridized carbons (Fsp3) is 0.444. The maximum Gasteiger partial charge on any atom is 0.385 e. The number of ether oxygens (including phenoxy) is 1. The third-order valence-corrected chi connectivity index (χ3v) is 4.00. The van der Waals surface area contributed by atoms with E-state index in [2.05, 4.69) is 20.9 Å². The van der Waals surface area contributed by atoms with Crippen LogP contribution in [0.1, 0.15) is 0 Å². The molecule has 94 valence electrons. The molecule has 1 fully saturated rings. The Balaban J connectivity index is 2.11. The van der Waals surface area contributed by atoms with Gasteiger partial charge in [-0.25, -0.2) is 0 Å². The van der Waals surface area contributed by atoms with Crippen molar-refractivity contribution in [3.63, 3.8) is 0 Å². The average molecular weight is 323 g/mol. The fourth-order valence-electron chi connectivity index (χ4n) is 1.38. The molecule has 0 unspecified atom stereocenters. The second-order valence-corrected chi connectivity index (χ2v) is 5.85. The largest absolute Gasteiger partial charge is 0.385 e. The van der Waals surface area contributed by atoms with Crippen molar-refractivity contribution in [1.82, 2.24) is 9.29 Å². The zero-order chi connectivity index (χ0) is 12.3. The minimum Gasteiger partial charge on any atom is -0.379 e. The molecule has 0 N–H and O–H groups in total. The third kappa shape index (κ3) is 3.38. The summed E-state index contributed by atoms with van der Waals surface area (Å²) in [4.78, 5) is 3.83. The van der Waals surface area contributed by atoms with E-state index in [-0.39, 0.29) is 5.75 Å². The van der Waals surface area contributed by atoms with Crippen LogP contribution in [0.15, 0.2) is 22.9 Å². The summed E-state index contributed by atoms with van der Waals surface area (Å²) in [5.74, 6) is 0.186. The highest BCUT2D eigenvalue weighted by Gasteiger charge is 2.26. The van der Waals surface area contributed by atoms with Crippen molar-refractivity contribution in [2.75, 3.05) is 26.3 Å². The highest BCUT2D eigenvalue weighted by Crippen LogP contribution is 2.19. The standard InChI is InChI=1S/C9H11BrN2O4S/c10-8-5-9(7-11-6-8)16-17(13,14)12-1-3-15-4-2-12/h5-7H,1-4H2. The third-order valence-electron chi connectivity index (χ3n) is 2.17. The second kappa shape index (κ2) is 5.30. The number of hydrogen-bond donors (Lipinski definition) is 0. The van der Waals surface area contributed by atoms with Crippen LogP contribution >= 0.6 is 15.9 Å². The lowest BCUT2D eigenvalue weighted by molar-refractivity contribution is 0.0698. The van der Waals surface area contributed by atoms with Crippen LogP contribution in [0.2, 0.25) is 0 Å². The summed E-state index contributed by atoms with van der Waals surface area (Å²) >= 11 is 3.19. The van der Waals surface area contributed by atoms with E-state index >= 15 is 0 Å². The van der Waals surface area contributed by atoms with E-state index in [4.69, 9.17) is 8.92 Å². The lowest BCUT2D eigenvalue weighted by atomic mass is 10.5. The lowest BCUT2D eigenvalue weighted by Crippen LogP contribution is -2.42. The zero-order valence-corrected chi connectivity index (χ0v) is 11.3. The van der Waals surface area contributed by atoms with Gasteiger partial charge in [-0.1, -0.05) is 0 Å². The van der Waals surface area contributed by atoms with Gasteiger partial charge in [0.15, 0.2) is 5.75 Å². The van der Waals surface area contributed by atoms with Gasteiger partial charge >= 0.3 is 10.3 Å².